The molecular weight excluding hydrogens is 286 g/mol. The van der Waals surface area contributed by atoms with Gasteiger partial charge in [-0.25, -0.2) is 4.98 Å². The van der Waals surface area contributed by atoms with E-state index in [1.165, 1.54) is 0 Å². The third-order valence-corrected chi connectivity index (χ3v) is 3.82. The maximum Gasteiger partial charge on any atom is 0.162 e. The Hall–Kier alpha value is -2.26. The van der Waals surface area contributed by atoms with Crippen LogP contribution in [0, 0.1) is 0 Å². The zero-order valence-electron chi connectivity index (χ0n) is 11.2. The summed E-state index contributed by atoms with van der Waals surface area (Å²) in [6, 6.07) is 15.8. The molecule has 0 radical (unpaired) electrons. The van der Waals surface area contributed by atoms with Crippen LogP contribution in [0.5, 0.6) is 11.5 Å². The van der Waals surface area contributed by atoms with Crippen molar-refractivity contribution in [2.24, 2.45) is 0 Å². The Labute approximate surface area is 127 Å². The highest BCUT2D eigenvalue weighted by Gasteiger charge is 2.13. The largest absolute Gasteiger partial charge is 0.486 e. The van der Waals surface area contributed by atoms with Crippen LogP contribution in [0.4, 0.5) is 0 Å². The normalized spacial score (nSPS) is 13.4. The summed E-state index contributed by atoms with van der Waals surface area (Å²) in [6.07, 6.45) is 0. The molecule has 3 nitrogen and oxygen atoms in total. The summed E-state index contributed by atoms with van der Waals surface area (Å²) in [6.45, 7) is 1.16. The first-order chi connectivity index (χ1) is 10.3. The number of nitrogens with zero attached hydrogens (tertiary/aromatic N) is 1. The molecule has 0 amide bonds. The minimum absolute atomic E-state index is 0.512. The molecule has 21 heavy (non-hydrogen) atoms. The molecule has 0 atom stereocenters. The van der Waals surface area contributed by atoms with Gasteiger partial charge in [0, 0.05) is 10.9 Å². The molecule has 0 fully saturated rings. The van der Waals surface area contributed by atoms with Crippen molar-refractivity contribution in [3.8, 4) is 22.8 Å². The van der Waals surface area contributed by atoms with Crippen molar-refractivity contribution in [3.05, 3.63) is 53.7 Å². The predicted octanol–water partition coefficient (Wildman–Crippen LogP) is 4.33. The first-order valence-corrected chi connectivity index (χ1v) is 7.14. The summed E-state index contributed by atoms with van der Waals surface area (Å²) in [7, 11) is 0. The van der Waals surface area contributed by atoms with E-state index in [0.29, 0.717) is 18.4 Å². The fraction of sp³-hybridized carbons (Fsp3) is 0.118. The smallest absolute Gasteiger partial charge is 0.162 e. The lowest BCUT2D eigenvalue weighted by atomic mass is 10.1. The second-order valence-corrected chi connectivity index (χ2v) is 5.24. The molecule has 104 valence electrons. The molecule has 0 saturated carbocycles. The van der Waals surface area contributed by atoms with Crippen molar-refractivity contribution < 1.29 is 9.47 Å². The number of halogens is 1. The Kier molecular flexibility index (Phi) is 2.93. The minimum atomic E-state index is 0.512. The van der Waals surface area contributed by atoms with E-state index in [9.17, 15) is 0 Å². The zero-order chi connectivity index (χ0) is 14.2. The number of aromatic nitrogens is 1. The van der Waals surface area contributed by atoms with Crippen LogP contribution < -0.4 is 9.47 Å². The highest BCUT2D eigenvalue weighted by atomic mass is 35.5. The molecule has 0 N–H and O–H groups in total. The monoisotopic (exact) mass is 297 g/mol. The molecule has 1 aromatic heterocycles. The van der Waals surface area contributed by atoms with Crippen molar-refractivity contribution in [2.45, 2.75) is 0 Å². The van der Waals surface area contributed by atoms with Crippen LogP contribution in [0.2, 0.25) is 5.15 Å². The van der Waals surface area contributed by atoms with E-state index in [2.05, 4.69) is 4.98 Å². The lowest BCUT2D eigenvalue weighted by Gasteiger charge is -2.18. The fourth-order valence-electron chi connectivity index (χ4n) is 2.51. The van der Waals surface area contributed by atoms with E-state index in [1.54, 1.807) is 0 Å². The summed E-state index contributed by atoms with van der Waals surface area (Å²) in [5.74, 6) is 1.53. The van der Waals surface area contributed by atoms with Crippen LogP contribution in [0.15, 0.2) is 48.5 Å². The average Bonchev–Trinajstić information content (AvgIpc) is 2.54. The summed E-state index contributed by atoms with van der Waals surface area (Å²) in [4.78, 5) is 4.49. The predicted molar refractivity (Wildman–Crippen MR) is 83.2 cm³/mol. The second-order valence-electron chi connectivity index (χ2n) is 4.88. The van der Waals surface area contributed by atoms with Gasteiger partial charge in [0.1, 0.15) is 18.4 Å². The fourth-order valence-corrected chi connectivity index (χ4v) is 2.77. The Morgan fingerprint density at radius 2 is 1.71 bits per heavy atom. The Bertz CT molecular complexity index is 832. The van der Waals surface area contributed by atoms with E-state index in [4.69, 9.17) is 21.1 Å². The molecule has 0 unspecified atom stereocenters. The standard InChI is InChI=1S/C17H12ClNO2/c18-17-13-4-2-1-3-11(13)9-14(19-17)12-5-6-15-16(10-12)21-8-7-20-15/h1-6,9-10H,7-8H2. The molecular formula is C17H12ClNO2. The summed E-state index contributed by atoms with van der Waals surface area (Å²) < 4.78 is 11.2. The molecule has 4 rings (SSSR count). The van der Waals surface area contributed by atoms with Crippen molar-refractivity contribution >= 4 is 22.4 Å². The van der Waals surface area contributed by atoms with Gasteiger partial charge in [0.15, 0.2) is 11.5 Å². The van der Waals surface area contributed by atoms with Crippen molar-refractivity contribution in [1.82, 2.24) is 4.98 Å². The topological polar surface area (TPSA) is 31.4 Å². The minimum Gasteiger partial charge on any atom is -0.486 e. The third kappa shape index (κ3) is 2.20. The van der Waals surface area contributed by atoms with E-state index in [0.717, 1.165) is 33.5 Å². The first-order valence-electron chi connectivity index (χ1n) is 6.76. The van der Waals surface area contributed by atoms with Crippen molar-refractivity contribution in [3.63, 3.8) is 0 Å². The molecule has 3 aromatic rings. The molecule has 0 saturated heterocycles. The van der Waals surface area contributed by atoms with Gasteiger partial charge in [-0.3, -0.25) is 0 Å². The summed E-state index contributed by atoms with van der Waals surface area (Å²) >= 11 is 6.29. The van der Waals surface area contributed by atoms with Crippen LogP contribution in [-0.2, 0) is 0 Å². The van der Waals surface area contributed by atoms with Crippen LogP contribution in [0.3, 0.4) is 0 Å². The molecule has 2 aromatic carbocycles. The Morgan fingerprint density at radius 3 is 2.62 bits per heavy atom. The van der Waals surface area contributed by atoms with Crippen LogP contribution in [0.25, 0.3) is 22.0 Å². The van der Waals surface area contributed by atoms with Gasteiger partial charge in [0.2, 0.25) is 0 Å². The second kappa shape index (κ2) is 4.93. The SMILES string of the molecule is Clc1nc(-c2ccc3c(c2)OCCO3)cc2ccccc12. The Morgan fingerprint density at radius 1 is 0.905 bits per heavy atom. The van der Waals surface area contributed by atoms with Crippen molar-refractivity contribution in [1.29, 1.82) is 0 Å². The maximum absolute atomic E-state index is 6.29. The van der Waals surface area contributed by atoms with Gasteiger partial charge in [0.05, 0.1) is 5.69 Å². The molecule has 1 aliphatic rings. The summed E-state index contributed by atoms with van der Waals surface area (Å²) in [5, 5.41) is 2.54. The molecule has 0 aliphatic carbocycles. The Balaban J connectivity index is 1.86. The van der Waals surface area contributed by atoms with Gasteiger partial charge in [-0.2, -0.15) is 0 Å². The number of rotatable bonds is 1. The first kappa shape index (κ1) is 12.5. The van der Waals surface area contributed by atoms with Gasteiger partial charge in [-0.05, 0) is 29.7 Å². The van der Waals surface area contributed by atoms with E-state index in [-0.39, 0.29) is 0 Å². The van der Waals surface area contributed by atoms with Crippen LogP contribution >= 0.6 is 11.6 Å². The maximum atomic E-state index is 6.29. The lowest BCUT2D eigenvalue weighted by molar-refractivity contribution is 0.171. The quantitative estimate of drug-likeness (QED) is 0.627. The highest BCUT2D eigenvalue weighted by Crippen LogP contribution is 2.35. The zero-order valence-corrected chi connectivity index (χ0v) is 11.9. The number of fused-ring (bicyclic) bond motifs is 2. The van der Waals surface area contributed by atoms with Gasteiger partial charge >= 0.3 is 0 Å². The number of benzene rings is 2. The van der Waals surface area contributed by atoms with Crippen LogP contribution in [0.1, 0.15) is 0 Å². The molecule has 0 bridgehead atoms. The van der Waals surface area contributed by atoms with E-state index in [1.807, 2.05) is 48.5 Å². The average molecular weight is 298 g/mol. The molecule has 0 spiro atoms. The van der Waals surface area contributed by atoms with Gasteiger partial charge in [0.25, 0.3) is 0 Å². The molecule has 2 heterocycles. The summed E-state index contributed by atoms with van der Waals surface area (Å²) in [5.41, 5.74) is 1.79. The highest BCUT2D eigenvalue weighted by molar-refractivity contribution is 6.34. The molecule has 1 aliphatic heterocycles. The molecule has 4 heteroatoms. The van der Waals surface area contributed by atoms with Gasteiger partial charge in [-0.1, -0.05) is 35.9 Å². The third-order valence-electron chi connectivity index (χ3n) is 3.53. The van der Waals surface area contributed by atoms with Gasteiger partial charge < -0.3 is 9.47 Å². The lowest BCUT2D eigenvalue weighted by Crippen LogP contribution is -2.15. The number of ether oxygens (including phenoxy) is 2. The van der Waals surface area contributed by atoms with E-state index >= 15 is 0 Å². The van der Waals surface area contributed by atoms with E-state index < -0.39 is 0 Å². The number of hydrogen-bond acceptors (Lipinski definition) is 3. The number of hydrogen-bond donors (Lipinski definition) is 0. The number of pyridine rings is 1. The van der Waals surface area contributed by atoms with Gasteiger partial charge in [-0.15, -0.1) is 0 Å². The van der Waals surface area contributed by atoms with Crippen LogP contribution in [-0.4, -0.2) is 18.2 Å². The van der Waals surface area contributed by atoms with Crippen molar-refractivity contribution in [2.75, 3.05) is 13.2 Å².